The van der Waals surface area contributed by atoms with Crippen molar-refractivity contribution in [1.82, 2.24) is 14.7 Å². The fourth-order valence-corrected chi connectivity index (χ4v) is 17.6. The number of hydrogen-bond donors (Lipinski definition) is 3. The Bertz CT molecular complexity index is 5380. The average molecular weight is 1790 g/mol. The van der Waals surface area contributed by atoms with Gasteiger partial charge in [0.25, 0.3) is 0 Å². The van der Waals surface area contributed by atoms with Crippen molar-refractivity contribution in [2.45, 2.75) is 153 Å². The van der Waals surface area contributed by atoms with Crippen molar-refractivity contribution in [3.8, 4) is 34.5 Å². The molecule has 3 aliphatic rings. The van der Waals surface area contributed by atoms with Gasteiger partial charge >= 0.3 is 18.3 Å². The molecule has 9 aromatic carbocycles. The molecule has 12 rings (SSSR count). The first-order chi connectivity index (χ1) is 59.9. The van der Waals surface area contributed by atoms with E-state index in [4.69, 9.17) is 28.4 Å². The molecule has 3 saturated heterocycles. The van der Waals surface area contributed by atoms with E-state index in [0.717, 1.165) is 56.3 Å². The van der Waals surface area contributed by atoms with Gasteiger partial charge in [0, 0.05) is 124 Å². The highest BCUT2D eigenvalue weighted by atomic mass is 32.2. The van der Waals surface area contributed by atoms with Gasteiger partial charge in [0.15, 0.2) is 44.0 Å². The number of Topliss-reactive ketones (excluding diaryl/α,β-unsaturated/α-hetero) is 3. The lowest BCUT2D eigenvalue weighted by Crippen LogP contribution is -2.32. The summed E-state index contributed by atoms with van der Waals surface area (Å²) in [5.74, 6) is 1.52. The molecule has 3 heterocycles. The average Bonchev–Trinajstić information content (AvgIpc) is 1.75. The first-order valence-electron chi connectivity index (χ1n) is 42.2. The van der Waals surface area contributed by atoms with Gasteiger partial charge < -0.3 is 58.4 Å². The number of aliphatic hydroxyl groups excluding tert-OH is 3. The van der Waals surface area contributed by atoms with Crippen molar-refractivity contribution in [2.24, 2.45) is 35.5 Å². The normalized spacial score (nSPS) is 17.3. The summed E-state index contributed by atoms with van der Waals surface area (Å²) in [6, 6.07) is 58.6. The molecule has 0 saturated carbocycles. The van der Waals surface area contributed by atoms with Crippen LogP contribution in [0.3, 0.4) is 0 Å². The van der Waals surface area contributed by atoms with Gasteiger partial charge in [0.1, 0.15) is 51.8 Å². The molecule has 25 heteroatoms. The van der Waals surface area contributed by atoms with Gasteiger partial charge in [0.05, 0.1) is 4.90 Å². The van der Waals surface area contributed by atoms with Crippen molar-refractivity contribution in [2.75, 3.05) is 58.0 Å². The van der Waals surface area contributed by atoms with E-state index in [1.807, 2.05) is 71.9 Å². The third-order valence-corrected chi connectivity index (χ3v) is 26.6. The second-order valence-electron chi connectivity index (χ2n) is 34.7. The van der Waals surface area contributed by atoms with E-state index in [9.17, 15) is 60.9 Å². The summed E-state index contributed by atoms with van der Waals surface area (Å²) in [5.41, 5.74) is 7.59. The highest BCUT2D eigenvalue weighted by Gasteiger charge is 2.44. The number of carbonyl (C=O) groups is 6. The number of hydrogen-bond acceptors (Lipinski definition) is 19. The Balaban J connectivity index is 0.000000199. The highest BCUT2D eigenvalue weighted by Crippen LogP contribution is 2.40. The molecule has 3 aliphatic heterocycles. The summed E-state index contributed by atoms with van der Waals surface area (Å²) >= 11 is 0. The molecule has 0 aromatic heterocycles. The van der Waals surface area contributed by atoms with Crippen LogP contribution < -0.4 is 28.4 Å². The largest absolute Gasteiger partial charge is 0.509 e. The summed E-state index contributed by atoms with van der Waals surface area (Å²) in [5, 5.41) is 29.8. The number of para-hydroxylation sites is 3. The Hall–Kier alpha value is -11.9. The lowest BCUT2D eigenvalue weighted by atomic mass is 9.84. The second-order valence-corrected chi connectivity index (χ2v) is 39.4. The molecule has 0 spiro atoms. The molecule has 9 aromatic rings. The Morgan fingerprint density at radius 1 is 0.378 bits per heavy atom. The summed E-state index contributed by atoms with van der Waals surface area (Å²) in [6.45, 7) is 35.1. The zero-order chi connectivity index (χ0) is 92.7. The Labute approximate surface area is 751 Å². The maximum Gasteiger partial charge on any atom is 0.415 e. The third kappa shape index (κ3) is 25.7. The van der Waals surface area contributed by atoms with Crippen LogP contribution in [-0.4, -0.2) is 157 Å². The molecule has 672 valence electrons. The van der Waals surface area contributed by atoms with Crippen LogP contribution in [0.2, 0.25) is 0 Å². The first-order valence-corrected chi connectivity index (χ1v) is 47.2. The Morgan fingerprint density at radius 3 is 0.819 bits per heavy atom. The second kappa shape index (κ2) is 42.1. The fraction of sp³-hybridized carbons (Fsp3) is 0.353. The molecule has 0 aliphatic carbocycles. The molecule has 3 amide bonds. The monoisotopic (exact) mass is 1780 g/mol. The van der Waals surface area contributed by atoms with Gasteiger partial charge in [-0.1, -0.05) is 147 Å². The number of ether oxygens (including phenoxy) is 6. The molecular weight excluding hydrogens is 1670 g/mol. The van der Waals surface area contributed by atoms with Gasteiger partial charge in [-0.2, -0.15) is 0 Å². The van der Waals surface area contributed by atoms with E-state index in [1.165, 1.54) is 24.3 Å². The fourth-order valence-electron chi connectivity index (χ4n) is 16.0. The summed E-state index contributed by atoms with van der Waals surface area (Å²) in [6.07, 6.45) is 6.99. The molecule has 22 nitrogen and oxygen atoms in total. The van der Waals surface area contributed by atoms with Crippen LogP contribution in [-0.2, 0) is 50.7 Å². The number of aliphatic hydroxyl groups is 3. The summed E-state index contributed by atoms with van der Waals surface area (Å²) < 4.78 is 82.5. The Morgan fingerprint density at radius 2 is 0.606 bits per heavy atom. The van der Waals surface area contributed by atoms with Crippen LogP contribution in [0.1, 0.15) is 142 Å². The zero-order valence-electron chi connectivity index (χ0n) is 75.1. The number of sulfone groups is 1. The lowest BCUT2D eigenvalue weighted by Gasteiger charge is -2.27. The number of rotatable bonds is 30. The summed E-state index contributed by atoms with van der Waals surface area (Å²) in [7, 11) is -5.67. The number of amides is 3. The van der Waals surface area contributed by atoms with Gasteiger partial charge in [-0.15, -0.1) is 0 Å². The molecule has 0 radical (unpaired) electrons. The molecule has 2 unspecified atom stereocenters. The number of aryl methyl sites for hydroxylation is 9. The van der Waals surface area contributed by atoms with E-state index < -0.39 is 84.3 Å². The standard InChI is InChI=1S/C34H39NO7S.2C34H39NO6S/c1-22-18-25(19-23(2)32(22)42-34(4,5)24(3)36)12-13-27-20-35(33(38)41-28-10-8-7-9-11-28)21-30(27)31(37)26-14-16-29(17-15-26)43(6,39)40;2*1-22-18-25(19-23(2)32(22)41-34(4,5)24(3)36)12-13-27-20-35(33(38)40-28-10-8-7-9-11-28)21-30(27)31(37)26-14-16-29(17-15-26)42(6)39/h7-11,14-19,27,30,36H,3,12-13,20-21H2,1-2,4-6H3;2*7-11,14-19,27,30,36H,3,12-13,20-21H2,1-2,4-6H3/t27-,30-;2*27-,30-,42?/m010/s1. The minimum Gasteiger partial charge on any atom is -0.509 e. The van der Waals surface area contributed by atoms with Gasteiger partial charge in [-0.25, -0.2) is 22.8 Å². The predicted molar refractivity (Wildman–Crippen MR) is 495 cm³/mol. The highest BCUT2D eigenvalue weighted by molar-refractivity contribution is 7.90. The SMILES string of the molecule is C=C(O)C(C)(C)Oc1c(C)cc(CC[C@@H]2CN(C(=O)Oc3ccccc3)C[C@H]2C(=O)c2ccc(S(C)=O)cc2)cc1C.C=C(O)C(C)(C)Oc1c(C)cc(CC[C@H]2CN(C(=O)Oc3ccccc3)C[C@@H]2C(=O)c2ccc(S(C)(=O)=O)cc2)cc1C.C=C(O)C(C)(C)Oc1c(C)cc(CC[C@H]2CN(C(=O)Oc3ccccc3)C[C@@H]2C(=O)c2ccc(S(C)=O)cc2)cc1C. The van der Waals surface area contributed by atoms with Crippen molar-refractivity contribution >= 4 is 67.1 Å². The van der Waals surface area contributed by atoms with Crippen molar-refractivity contribution in [3.63, 3.8) is 0 Å². The quantitative estimate of drug-likeness (QED) is 0.0278. The number of likely N-dealkylation sites (tertiary alicyclic amines) is 3. The van der Waals surface area contributed by atoms with Crippen LogP contribution in [0.25, 0.3) is 0 Å². The molecule has 3 fully saturated rings. The third-order valence-electron chi connectivity index (χ3n) is 23.6. The van der Waals surface area contributed by atoms with Gasteiger partial charge in [-0.05, 0) is 262 Å². The number of benzene rings is 9. The molecule has 3 N–H and O–H groups in total. The minimum atomic E-state index is -3.40. The summed E-state index contributed by atoms with van der Waals surface area (Å²) in [4.78, 5) is 86.6. The van der Waals surface area contributed by atoms with Crippen molar-refractivity contribution in [1.29, 1.82) is 0 Å². The smallest absolute Gasteiger partial charge is 0.415 e. The van der Waals surface area contributed by atoms with Crippen molar-refractivity contribution < 1.29 is 89.3 Å². The predicted octanol–water partition coefficient (Wildman–Crippen LogP) is 20.2. The van der Waals surface area contributed by atoms with Gasteiger partial charge in [-0.3, -0.25) is 22.8 Å². The van der Waals surface area contributed by atoms with E-state index >= 15 is 0 Å². The molecular formula is C102H117N3O19S3. The van der Waals surface area contributed by atoms with Gasteiger partial charge in [0.2, 0.25) is 0 Å². The maximum atomic E-state index is 13.7. The number of carbonyl (C=O) groups excluding carboxylic acids is 6. The zero-order valence-corrected chi connectivity index (χ0v) is 77.5. The molecule has 8 atom stereocenters. The number of ketones is 3. The van der Waals surface area contributed by atoms with Crippen LogP contribution in [0.4, 0.5) is 14.4 Å². The van der Waals surface area contributed by atoms with E-state index in [2.05, 4.69) is 44.0 Å². The van der Waals surface area contributed by atoms with E-state index in [1.54, 1.807) is 190 Å². The maximum absolute atomic E-state index is 13.7. The van der Waals surface area contributed by atoms with Crippen LogP contribution in [0, 0.1) is 77.0 Å². The molecule has 127 heavy (non-hydrogen) atoms. The minimum absolute atomic E-state index is 0.0361. The number of nitrogens with zero attached hydrogens (tertiary/aromatic N) is 3. The van der Waals surface area contributed by atoms with Crippen LogP contribution in [0.5, 0.6) is 34.5 Å². The van der Waals surface area contributed by atoms with Crippen LogP contribution >= 0.6 is 0 Å². The van der Waals surface area contributed by atoms with E-state index in [-0.39, 0.29) is 76.9 Å². The molecule has 0 bridgehead atoms. The lowest BCUT2D eigenvalue weighted by molar-refractivity contribution is 0.0887. The van der Waals surface area contributed by atoms with E-state index in [0.29, 0.717) is 119 Å². The first kappa shape index (κ1) is 97.3. The topological polar surface area (TPSA) is 296 Å². The van der Waals surface area contributed by atoms with Crippen molar-refractivity contribution in [3.05, 3.63) is 304 Å². The Kier molecular flexibility index (Phi) is 32.3. The van der Waals surface area contributed by atoms with Crippen LogP contribution in [0.15, 0.2) is 252 Å².